The molecule has 0 fully saturated rings. The number of fused-ring (bicyclic) bond motifs is 1. The largest absolute Gasteiger partial charge is 0.459 e. The second-order valence-corrected chi connectivity index (χ2v) is 5.19. The maximum atomic E-state index is 12.2. The number of amides is 1. The highest BCUT2D eigenvalue weighted by Gasteiger charge is 2.16. The summed E-state index contributed by atoms with van der Waals surface area (Å²) in [4.78, 5) is 20.9. The quantitative estimate of drug-likeness (QED) is 0.627. The fraction of sp³-hybridized carbons (Fsp3) is 0.0588. The van der Waals surface area contributed by atoms with Crippen LogP contribution in [0.5, 0.6) is 0 Å². The summed E-state index contributed by atoms with van der Waals surface area (Å²) in [7, 11) is 0. The molecule has 0 saturated heterocycles. The van der Waals surface area contributed by atoms with E-state index < -0.39 is 0 Å². The van der Waals surface area contributed by atoms with Crippen LogP contribution in [0.4, 0.5) is 5.82 Å². The van der Waals surface area contributed by atoms with Gasteiger partial charge in [-0.25, -0.2) is 14.6 Å². The lowest BCUT2D eigenvalue weighted by atomic mass is 10.3. The van der Waals surface area contributed by atoms with Crippen LogP contribution < -0.4 is 5.32 Å². The first-order valence-corrected chi connectivity index (χ1v) is 7.35. The average molecular weight is 319 g/mol. The van der Waals surface area contributed by atoms with Gasteiger partial charge < -0.3 is 9.73 Å². The molecule has 0 aliphatic rings. The van der Waals surface area contributed by atoms with Crippen molar-refractivity contribution < 1.29 is 9.21 Å². The van der Waals surface area contributed by atoms with Gasteiger partial charge >= 0.3 is 0 Å². The highest BCUT2D eigenvalue weighted by atomic mass is 16.3. The van der Waals surface area contributed by atoms with Crippen LogP contribution in [0.15, 0.2) is 59.3 Å². The first-order valence-electron chi connectivity index (χ1n) is 7.35. The van der Waals surface area contributed by atoms with E-state index >= 15 is 0 Å². The molecular formula is C17H13N5O2. The van der Waals surface area contributed by atoms with Crippen molar-refractivity contribution in [2.75, 3.05) is 5.32 Å². The van der Waals surface area contributed by atoms with E-state index in [1.807, 2.05) is 36.5 Å². The third kappa shape index (κ3) is 2.52. The molecule has 24 heavy (non-hydrogen) atoms. The minimum absolute atomic E-state index is 0.210. The highest BCUT2D eigenvalue weighted by Crippen LogP contribution is 2.21. The van der Waals surface area contributed by atoms with Gasteiger partial charge in [0.2, 0.25) is 0 Å². The van der Waals surface area contributed by atoms with Crippen LogP contribution in [-0.2, 0) is 0 Å². The molecule has 1 aromatic carbocycles. The second kappa shape index (κ2) is 5.62. The van der Waals surface area contributed by atoms with Crippen molar-refractivity contribution in [2.24, 2.45) is 0 Å². The zero-order valence-electron chi connectivity index (χ0n) is 12.8. The standard InChI is InChI=1S/C17H13N5O2/c1-11-18-13-10-22(12-6-3-2-4-7-12)21-15(13)16(19-11)20-17(23)14-8-5-9-24-14/h2-10H,1H3,(H,18,19,20,23). The molecule has 0 atom stereocenters. The van der Waals surface area contributed by atoms with Crippen LogP contribution in [0.2, 0.25) is 0 Å². The van der Waals surface area contributed by atoms with Crippen LogP contribution in [0.3, 0.4) is 0 Å². The molecule has 4 rings (SSSR count). The number of para-hydroxylation sites is 1. The Kier molecular flexibility index (Phi) is 3.31. The SMILES string of the molecule is Cc1nc(NC(=O)c2ccco2)c2nn(-c3ccccc3)cc2n1. The predicted octanol–water partition coefficient (Wildman–Crippen LogP) is 2.97. The third-order valence-corrected chi connectivity index (χ3v) is 3.47. The summed E-state index contributed by atoms with van der Waals surface area (Å²) in [5.41, 5.74) is 2.07. The van der Waals surface area contributed by atoms with E-state index in [9.17, 15) is 4.79 Å². The molecule has 3 heterocycles. The smallest absolute Gasteiger partial charge is 0.292 e. The van der Waals surface area contributed by atoms with E-state index in [0.717, 1.165) is 5.69 Å². The van der Waals surface area contributed by atoms with Gasteiger partial charge in [-0.2, -0.15) is 5.10 Å². The number of furan rings is 1. The van der Waals surface area contributed by atoms with Gasteiger partial charge in [-0.15, -0.1) is 0 Å². The first kappa shape index (κ1) is 14.1. The van der Waals surface area contributed by atoms with Crippen molar-refractivity contribution in [1.82, 2.24) is 19.7 Å². The first-order chi connectivity index (χ1) is 11.7. The summed E-state index contributed by atoms with van der Waals surface area (Å²) < 4.78 is 6.81. The minimum atomic E-state index is -0.381. The van der Waals surface area contributed by atoms with Gasteiger partial charge in [-0.3, -0.25) is 4.79 Å². The molecule has 0 aliphatic carbocycles. The molecule has 0 radical (unpaired) electrons. The molecular weight excluding hydrogens is 306 g/mol. The molecule has 0 unspecified atom stereocenters. The Hall–Kier alpha value is -3.48. The lowest BCUT2D eigenvalue weighted by Gasteiger charge is -2.03. The molecule has 7 nitrogen and oxygen atoms in total. The Bertz CT molecular complexity index is 1010. The Balaban J connectivity index is 1.78. The molecule has 7 heteroatoms. The summed E-state index contributed by atoms with van der Waals surface area (Å²) in [5.74, 6) is 0.731. The van der Waals surface area contributed by atoms with E-state index in [2.05, 4.69) is 20.4 Å². The number of carbonyl (C=O) groups is 1. The van der Waals surface area contributed by atoms with Gasteiger partial charge in [0.1, 0.15) is 11.3 Å². The number of carbonyl (C=O) groups excluding carboxylic acids is 1. The number of aromatic nitrogens is 4. The number of hydrogen-bond acceptors (Lipinski definition) is 5. The van der Waals surface area contributed by atoms with Crippen LogP contribution >= 0.6 is 0 Å². The topological polar surface area (TPSA) is 85.8 Å². The summed E-state index contributed by atoms with van der Waals surface area (Å²) >= 11 is 0. The summed E-state index contributed by atoms with van der Waals surface area (Å²) in [6.45, 7) is 1.77. The number of nitrogens with one attached hydrogen (secondary N) is 1. The van der Waals surface area contributed by atoms with Crippen LogP contribution in [0, 0.1) is 6.92 Å². The number of hydrogen-bond donors (Lipinski definition) is 1. The predicted molar refractivity (Wildman–Crippen MR) is 88.1 cm³/mol. The molecule has 3 aromatic heterocycles. The number of rotatable bonds is 3. The van der Waals surface area contributed by atoms with Crippen molar-refractivity contribution in [1.29, 1.82) is 0 Å². The van der Waals surface area contributed by atoms with Crippen molar-refractivity contribution in [2.45, 2.75) is 6.92 Å². The zero-order chi connectivity index (χ0) is 16.5. The molecule has 118 valence electrons. The van der Waals surface area contributed by atoms with Crippen molar-refractivity contribution in [3.05, 3.63) is 66.5 Å². The fourth-order valence-corrected chi connectivity index (χ4v) is 2.41. The van der Waals surface area contributed by atoms with Gasteiger partial charge in [0.15, 0.2) is 17.1 Å². The van der Waals surface area contributed by atoms with Gasteiger partial charge in [0.25, 0.3) is 5.91 Å². The van der Waals surface area contributed by atoms with Gasteiger partial charge in [0.05, 0.1) is 18.1 Å². The summed E-state index contributed by atoms with van der Waals surface area (Å²) in [6.07, 6.45) is 3.25. The number of nitrogens with zero attached hydrogens (tertiary/aromatic N) is 4. The van der Waals surface area contributed by atoms with E-state index in [4.69, 9.17) is 4.42 Å². The number of aryl methyl sites for hydroxylation is 1. The van der Waals surface area contributed by atoms with Crippen molar-refractivity contribution in [3.63, 3.8) is 0 Å². The molecule has 0 saturated carbocycles. The monoisotopic (exact) mass is 319 g/mol. The highest BCUT2D eigenvalue weighted by molar-refractivity contribution is 6.05. The van der Waals surface area contributed by atoms with Crippen molar-refractivity contribution >= 4 is 22.8 Å². The van der Waals surface area contributed by atoms with E-state index in [1.165, 1.54) is 6.26 Å². The van der Waals surface area contributed by atoms with E-state index in [1.54, 1.807) is 23.7 Å². The average Bonchev–Trinajstić information content (AvgIpc) is 3.25. The summed E-state index contributed by atoms with van der Waals surface area (Å²) in [6, 6.07) is 12.9. The molecule has 0 spiro atoms. The van der Waals surface area contributed by atoms with Crippen molar-refractivity contribution in [3.8, 4) is 5.69 Å². The van der Waals surface area contributed by atoms with Gasteiger partial charge in [0, 0.05) is 0 Å². The van der Waals surface area contributed by atoms with Crippen LogP contribution in [-0.4, -0.2) is 25.7 Å². The Morgan fingerprint density at radius 1 is 1.12 bits per heavy atom. The Morgan fingerprint density at radius 2 is 1.96 bits per heavy atom. The lowest BCUT2D eigenvalue weighted by Crippen LogP contribution is -2.13. The Morgan fingerprint density at radius 3 is 2.71 bits per heavy atom. The zero-order valence-corrected chi connectivity index (χ0v) is 12.8. The molecule has 1 N–H and O–H groups in total. The molecule has 4 aromatic rings. The second-order valence-electron chi connectivity index (χ2n) is 5.19. The lowest BCUT2D eigenvalue weighted by molar-refractivity contribution is 0.0996. The van der Waals surface area contributed by atoms with E-state index in [0.29, 0.717) is 22.7 Å². The van der Waals surface area contributed by atoms with Gasteiger partial charge in [-0.05, 0) is 31.2 Å². The molecule has 0 aliphatic heterocycles. The maximum Gasteiger partial charge on any atom is 0.292 e. The third-order valence-electron chi connectivity index (χ3n) is 3.47. The van der Waals surface area contributed by atoms with Crippen LogP contribution in [0.1, 0.15) is 16.4 Å². The molecule has 1 amide bonds. The summed E-state index contributed by atoms with van der Waals surface area (Å²) in [5, 5.41) is 7.24. The molecule has 0 bridgehead atoms. The number of benzene rings is 1. The van der Waals surface area contributed by atoms with Gasteiger partial charge in [-0.1, -0.05) is 18.2 Å². The van der Waals surface area contributed by atoms with Crippen LogP contribution in [0.25, 0.3) is 16.7 Å². The maximum absolute atomic E-state index is 12.2. The number of anilines is 1. The normalized spacial score (nSPS) is 10.9. The van der Waals surface area contributed by atoms with E-state index in [-0.39, 0.29) is 11.7 Å². The minimum Gasteiger partial charge on any atom is -0.459 e. The fourth-order valence-electron chi connectivity index (χ4n) is 2.41. The Labute approximate surface area is 137 Å².